The van der Waals surface area contributed by atoms with E-state index >= 15 is 0 Å². The molecule has 1 atom stereocenters. The summed E-state index contributed by atoms with van der Waals surface area (Å²) in [5.74, 6) is 0.0577. The quantitative estimate of drug-likeness (QED) is 0.683. The van der Waals surface area contributed by atoms with Gasteiger partial charge in [0.15, 0.2) is 11.6 Å². The molecular weight excluding hydrogens is 211 g/mol. The van der Waals surface area contributed by atoms with E-state index in [1.807, 2.05) is 6.92 Å². The second-order valence-electron chi connectivity index (χ2n) is 3.48. The number of hydrogen-bond donors (Lipinski definition) is 3. The Kier molecular flexibility index (Phi) is 4.91. The van der Waals surface area contributed by atoms with Crippen LogP contribution in [0.5, 0.6) is 0 Å². The number of nitrogens with zero attached hydrogens (tertiary/aromatic N) is 2. The number of aliphatic hydroxyl groups is 1. The monoisotopic (exact) mass is 228 g/mol. The molecule has 1 unspecified atom stereocenters. The maximum Gasteiger partial charge on any atom is 0.224 e. The van der Waals surface area contributed by atoms with Crippen LogP contribution in [-0.4, -0.2) is 34.3 Å². The Hall–Kier alpha value is -1.43. The number of hydrogen-bond acceptors (Lipinski definition) is 5. The summed E-state index contributed by atoms with van der Waals surface area (Å²) in [7, 11) is 0. The number of halogens is 1. The molecule has 0 saturated carbocycles. The minimum atomic E-state index is -0.493. The van der Waals surface area contributed by atoms with E-state index in [-0.39, 0.29) is 5.82 Å². The number of nitrogens with one attached hydrogen (secondary N) is 2. The standard InChI is InChI=1S/C10H17FN4O/c1-3-12-10-14-6-8(11)9(15-10)13-5-4-7(2)16/h6-7,16H,3-5H2,1-2H3,(H2,12,13,14,15). The number of aliphatic hydroxyl groups excluding tert-OH is 1. The van der Waals surface area contributed by atoms with Gasteiger partial charge in [-0.15, -0.1) is 0 Å². The Morgan fingerprint density at radius 1 is 1.50 bits per heavy atom. The lowest BCUT2D eigenvalue weighted by atomic mass is 10.3. The number of aromatic nitrogens is 2. The van der Waals surface area contributed by atoms with Crippen molar-refractivity contribution in [2.24, 2.45) is 0 Å². The molecule has 0 radical (unpaired) electrons. The lowest BCUT2D eigenvalue weighted by Gasteiger charge is -2.09. The molecule has 0 saturated heterocycles. The zero-order chi connectivity index (χ0) is 12.0. The molecule has 6 heteroatoms. The number of anilines is 2. The predicted octanol–water partition coefficient (Wildman–Crippen LogP) is 1.23. The fraction of sp³-hybridized carbons (Fsp3) is 0.600. The van der Waals surface area contributed by atoms with Gasteiger partial charge in [-0.1, -0.05) is 0 Å². The molecule has 90 valence electrons. The van der Waals surface area contributed by atoms with Crippen molar-refractivity contribution in [3.8, 4) is 0 Å². The fourth-order valence-electron chi connectivity index (χ4n) is 1.13. The van der Waals surface area contributed by atoms with Crippen molar-refractivity contribution >= 4 is 11.8 Å². The van der Waals surface area contributed by atoms with Gasteiger partial charge in [0.2, 0.25) is 5.95 Å². The highest BCUT2D eigenvalue weighted by Crippen LogP contribution is 2.11. The first-order valence-corrected chi connectivity index (χ1v) is 5.31. The predicted molar refractivity (Wildman–Crippen MR) is 60.9 cm³/mol. The van der Waals surface area contributed by atoms with Crippen molar-refractivity contribution in [2.75, 3.05) is 23.7 Å². The average molecular weight is 228 g/mol. The van der Waals surface area contributed by atoms with Gasteiger partial charge in [-0.3, -0.25) is 0 Å². The smallest absolute Gasteiger partial charge is 0.224 e. The van der Waals surface area contributed by atoms with E-state index < -0.39 is 11.9 Å². The molecule has 1 rings (SSSR count). The minimum absolute atomic E-state index is 0.159. The van der Waals surface area contributed by atoms with Crippen LogP contribution in [0.2, 0.25) is 0 Å². The molecule has 16 heavy (non-hydrogen) atoms. The van der Waals surface area contributed by atoms with Crippen molar-refractivity contribution in [2.45, 2.75) is 26.4 Å². The summed E-state index contributed by atoms with van der Waals surface area (Å²) in [4.78, 5) is 7.75. The lowest BCUT2D eigenvalue weighted by molar-refractivity contribution is 0.188. The van der Waals surface area contributed by atoms with Crippen LogP contribution in [0, 0.1) is 5.82 Å². The third-order valence-corrected chi connectivity index (χ3v) is 1.93. The zero-order valence-corrected chi connectivity index (χ0v) is 9.50. The molecule has 0 spiro atoms. The van der Waals surface area contributed by atoms with Gasteiger partial charge in [-0.25, -0.2) is 9.37 Å². The van der Waals surface area contributed by atoms with Gasteiger partial charge in [0.25, 0.3) is 0 Å². The lowest BCUT2D eigenvalue weighted by Crippen LogP contribution is -2.13. The normalized spacial score (nSPS) is 12.2. The maximum absolute atomic E-state index is 13.3. The first kappa shape index (κ1) is 12.6. The third kappa shape index (κ3) is 3.98. The topological polar surface area (TPSA) is 70.1 Å². The molecular formula is C10H17FN4O. The van der Waals surface area contributed by atoms with Crippen molar-refractivity contribution < 1.29 is 9.50 Å². The van der Waals surface area contributed by atoms with E-state index in [1.54, 1.807) is 6.92 Å². The molecule has 0 fully saturated rings. The Labute approximate surface area is 94.1 Å². The van der Waals surface area contributed by atoms with Crippen LogP contribution in [0.3, 0.4) is 0 Å². The van der Waals surface area contributed by atoms with E-state index in [0.717, 1.165) is 6.20 Å². The molecule has 0 amide bonds. The van der Waals surface area contributed by atoms with Gasteiger partial charge in [-0.05, 0) is 20.3 Å². The van der Waals surface area contributed by atoms with E-state index in [2.05, 4.69) is 20.6 Å². The third-order valence-electron chi connectivity index (χ3n) is 1.93. The van der Waals surface area contributed by atoms with Crippen LogP contribution in [0.25, 0.3) is 0 Å². The SMILES string of the molecule is CCNc1ncc(F)c(NCCC(C)O)n1. The summed E-state index contributed by atoms with van der Waals surface area (Å²) < 4.78 is 13.3. The zero-order valence-electron chi connectivity index (χ0n) is 9.50. The molecule has 0 aliphatic rings. The molecule has 0 aliphatic carbocycles. The Balaban J connectivity index is 2.59. The van der Waals surface area contributed by atoms with E-state index in [9.17, 15) is 4.39 Å². The van der Waals surface area contributed by atoms with Crippen molar-refractivity contribution in [3.63, 3.8) is 0 Å². The van der Waals surface area contributed by atoms with Crippen LogP contribution in [0.1, 0.15) is 20.3 Å². The molecule has 0 aromatic carbocycles. The highest BCUT2D eigenvalue weighted by molar-refractivity contribution is 5.40. The minimum Gasteiger partial charge on any atom is -0.393 e. The first-order chi connectivity index (χ1) is 7.63. The maximum atomic E-state index is 13.3. The Morgan fingerprint density at radius 3 is 2.88 bits per heavy atom. The highest BCUT2D eigenvalue weighted by Gasteiger charge is 2.06. The highest BCUT2D eigenvalue weighted by atomic mass is 19.1. The molecule has 1 aromatic heterocycles. The summed E-state index contributed by atoms with van der Waals surface area (Å²) in [6.45, 7) is 4.74. The Bertz CT molecular complexity index is 333. The molecule has 3 N–H and O–H groups in total. The summed E-state index contributed by atoms with van der Waals surface area (Å²) >= 11 is 0. The van der Waals surface area contributed by atoms with Crippen LogP contribution >= 0.6 is 0 Å². The molecule has 0 aliphatic heterocycles. The molecule has 0 bridgehead atoms. The largest absolute Gasteiger partial charge is 0.393 e. The first-order valence-electron chi connectivity index (χ1n) is 5.31. The van der Waals surface area contributed by atoms with Gasteiger partial charge in [-0.2, -0.15) is 4.98 Å². The summed E-state index contributed by atoms with van der Waals surface area (Å²) in [5, 5.41) is 14.8. The second-order valence-corrected chi connectivity index (χ2v) is 3.48. The van der Waals surface area contributed by atoms with Crippen LogP contribution in [0.4, 0.5) is 16.2 Å². The van der Waals surface area contributed by atoms with Crippen molar-refractivity contribution in [1.82, 2.24) is 9.97 Å². The average Bonchev–Trinajstić information content (AvgIpc) is 2.22. The fourth-order valence-corrected chi connectivity index (χ4v) is 1.13. The van der Waals surface area contributed by atoms with E-state index in [4.69, 9.17) is 5.11 Å². The van der Waals surface area contributed by atoms with E-state index in [0.29, 0.717) is 25.5 Å². The molecule has 5 nitrogen and oxygen atoms in total. The summed E-state index contributed by atoms with van der Waals surface area (Å²) in [6.07, 6.45) is 1.25. The van der Waals surface area contributed by atoms with Crippen LogP contribution in [-0.2, 0) is 0 Å². The molecule has 1 heterocycles. The summed E-state index contributed by atoms with van der Waals surface area (Å²) in [6, 6.07) is 0. The second kappa shape index (κ2) is 6.22. The Morgan fingerprint density at radius 2 is 2.25 bits per heavy atom. The van der Waals surface area contributed by atoms with Crippen molar-refractivity contribution in [3.05, 3.63) is 12.0 Å². The van der Waals surface area contributed by atoms with Gasteiger partial charge in [0, 0.05) is 13.1 Å². The van der Waals surface area contributed by atoms with E-state index in [1.165, 1.54) is 0 Å². The summed E-state index contributed by atoms with van der Waals surface area (Å²) in [5.41, 5.74) is 0. The van der Waals surface area contributed by atoms with Gasteiger partial charge in [0.05, 0.1) is 12.3 Å². The number of rotatable bonds is 6. The van der Waals surface area contributed by atoms with Crippen molar-refractivity contribution in [1.29, 1.82) is 0 Å². The van der Waals surface area contributed by atoms with Crippen LogP contribution < -0.4 is 10.6 Å². The van der Waals surface area contributed by atoms with Gasteiger partial charge in [0.1, 0.15) is 0 Å². The van der Waals surface area contributed by atoms with Gasteiger partial charge >= 0.3 is 0 Å². The molecule has 1 aromatic rings. The van der Waals surface area contributed by atoms with Crippen LogP contribution in [0.15, 0.2) is 6.20 Å². The van der Waals surface area contributed by atoms with Gasteiger partial charge < -0.3 is 15.7 Å².